The van der Waals surface area contributed by atoms with E-state index >= 15 is 0 Å². The van der Waals surface area contributed by atoms with Crippen molar-refractivity contribution in [1.29, 1.82) is 0 Å². The Kier molecular flexibility index (Phi) is 4.57. The van der Waals surface area contributed by atoms with Crippen LogP contribution in [0.3, 0.4) is 0 Å². The molecule has 0 aliphatic heterocycles. The molecule has 2 heterocycles. The summed E-state index contributed by atoms with van der Waals surface area (Å²) in [5.41, 5.74) is 7.49. The predicted octanol–water partition coefficient (Wildman–Crippen LogP) is 2.54. The van der Waals surface area contributed by atoms with E-state index < -0.39 is 0 Å². The largest absolute Gasteiger partial charge is 0.462 e. The number of nitrogen functional groups attached to an aromatic ring is 1. The molecule has 6 heteroatoms. The number of hydrogen-bond donors (Lipinski definition) is 1. The van der Waals surface area contributed by atoms with E-state index in [4.69, 9.17) is 10.5 Å². The van der Waals surface area contributed by atoms with E-state index in [1.807, 2.05) is 24.1 Å². The van der Waals surface area contributed by atoms with Crippen LogP contribution in [0.15, 0.2) is 30.6 Å². The summed E-state index contributed by atoms with van der Waals surface area (Å²) in [7, 11) is 1.96. The molecule has 0 radical (unpaired) electrons. The number of ether oxygens (including phenoxy) is 1. The molecular formula is C14H17N3O2S. The molecule has 5 nitrogen and oxygen atoms in total. The second-order valence-electron chi connectivity index (χ2n) is 4.30. The monoisotopic (exact) mass is 291 g/mol. The second-order valence-corrected chi connectivity index (χ2v) is 5.33. The minimum atomic E-state index is -0.362. The summed E-state index contributed by atoms with van der Waals surface area (Å²) in [6.07, 6.45) is 3.52. The Bertz CT molecular complexity index is 583. The lowest BCUT2D eigenvalue weighted by atomic mass is 10.2. The van der Waals surface area contributed by atoms with E-state index in [2.05, 4.69) is 4.98 Å². The standard InChI is InChI=1S/C14H17N3O2S/c1-3-19-14(18)13-11(15)8-12(20-13)17(2)9-10-4-6-16-7-5-10/h4-8H,3,9,15H2,1-2H3. The molecule has 0 aliphatic carbocycles. The third-order valence-electron chi connectivity index (χ3n) is 2.75. The summed E-state index contributed by atoms with van der Waals surface area (Å²) in [4.78, 5) is 18.2. The molecule has 0 unspecified atom stereocenters. The highest BCUT2D eigenvalue weighted by molar-refractivity contribution is 7.18. The van der Waals surface area contributed by atoms with Crippen molar-refractivity contribution in [1.82, 2.24) is 4.98 Å². The molecule has 0 saturated carbocycles. The van der Waals surface area contributed by atoms with Crippen molar-refractivity contribution in [2.45, 2.75) is 13.5 Å². The zero-order valence-electron chi connectivity index (χ0n) is 11.5. The van der Waals surface area contributed by atoms with Crippen LogP contribution in [-0.4, -0.2) is 24.6 Å². The highest BCUT2D eigenvalue weighted by Gasteiger charge is 2.17. The number of hydrogen-bond acceptors (Lipinski definition) is 6. The van der Waals surface area contributed by atoms with Gasteiger partial charge in [-0.3, -0.25) is 4.98 Å². The van der Waals surface area contributed by atoms with Gasteiger partial charge in [-0.05, 0) is 30.7 Å². The van der Waals surface area contributed by atoms with Crippen molar-refractivity contribution in [3.8, 4) is 0 Å². The lowest BCUT2D eigenvalue weighted by molar-refractivity contribution is 0.0533. The molecule has 0 bridgehead atoms. The smallest absolute Gasteiger partial charge is 0.350 e. The van der Waals surface area contributed by atoms with E-state index in [0.717, 1.165) is 17.1 Å². The van der Waals surface area contributed by atoms with E-state index in [1.165, 1.54) is 11.3 Å². The van der Waals surface area contributed by atoms with Crippen LogP contribution in [0, 0.1) is 0 Å². The number of nitrogens with zero attached hydrogens (tertiary/aromatic N) is 2. The van der Waals surface area contributed by atoms with Gasteiger partial charge in [0.05, 0.1) is 17.3 Å². The number of anilines is 2. The fourth-order valence-electron chi connectivity index (χ4n) is 1.78. The summed E-state index contributed by atoms with van der Waals surface area (Å²) >= 11 is 1.35. The van der Waals surface area contributed by atoms with Gasteiger partial charge >= 0.3 is 5.97 Å². The summed E-state index contributed by atoms with van der Waals surface area (Å²) < 4.78 is 4.98. The molecule has 2 N–H and O–H groups in total. The first-order chi connectivity index (χ1) is 9.61. The van der Waals surface area contributed by atoms with Crippen LogP contribution in [0.25, 0.3) is 0 Å². The van der Waals surface area contributed by atoms with Crippen LogP contribution in [0.2, 0.25) is 0 Å². The molecule has 0 spiro atoms. The zero-order valence-corrected chi connectivity index (χ0v) is 12.3. The average molecular weight is 291 g/mol. The topological polar surface area (TPSA) is 68.5 Å². The van der Waals surface area contributed by atoms with Crippen molar-refractivity contribution < 1.29 is 9.53 Å². The van der Waals surface area contributed by atoms with Crippen molar-refractivity contribution in [3.05, 3.63) is 41.0 Å². The summed E-state index contributed by atoms with van der Waals surface area (Å²) in [5, 5.41) is 0.933. The summed E-state index contributed by atoms with van der Waals surface area (Å²) in [6, 6.07) is 5.72. The van der Waals surface area contributed by atoms with Gasteiger partial charge in [0.25, 0.3) is 0 Å². The lowest BCUT2D eigenvalue weighted by Crippen LogP contribution is -2.14. The van der Waals surface area contributed by atoms with Crippen molar-refractivity contribution in [2.75, 3.05) is 24.3 Å². The molecule has 0 atom stereocenters. The first kappa shape index (κ1) is 14.3. The van der Waals surface area contributed by atoms with Crippen molar-refractivity contribution in [3.63, 3.8) is 0 Å². The molecule has 0 fully saturated rings. The zero-order chi connectivity index (χ0) is 14.5. The Hall–Kier alpha value is -2.08. The Morgan fingerprint density at radius 3 is 2.80 bits per heavy atom. The van der Waals surface area contributed by atoms with Gasteiger partial charge in [0, 0.05) is 26.0 Å². The number of esters is 1. The number of carbonyl (C=O) groups is 1. The van der Waals surface area contributed by atoms with E-state index in [0.29, 0.717) is 17.2 Å². The Balaban J connectivity index is 2.13. The van der Waals surface area contributed by atoms with Gasteiger partial charge in [-0.25, -0.2) is 4.79 Å². The molecule has 20 heavy (non-hydrogen) atoms. The summed E-state index contributed by atoms with van der Waals surface area (Å²) in [5.74, 6) is -0.362. The highest BCUT2D eigenvalue weighted by Crippen LogP contribution is 2.32. The fourth-order valence-corrected chi connectivity index (χ4v) is 2.71. The van der Waals surface area contributed by atoms with Crippen molar-refractivity contribution >= 4 is 28.0 Å². The predicted molar refractivity (Wildman–Crippen MR) is 81.0 cm³/mol. The van der Waals surface area contributed by atoms with Crippen LogP contribution in [-0.2, 0) is 11.3 Å². The van der Waals surface area contributed by atoms with Gasteiger partial charge in [-0.15, -0.1) is 11.3 Å². The molecule has 0 saturated heterocycles. The van der Waals surface area contributed by atoms with Crippen LogP contribution in [0.5, 0.6) is 0 Å². The molecule has 0 aromatic carbocycles. The third-order valence-corrected chi connectivity index (χ3v) is 4.00. The fraction of sp³-hybridized carbons (Fsp3) is 0.286. The number of nitrogens with two attached hydrogens (primary N) is 1. The van der Waals surface area contributed by atoms with Crippen LogP contribution >= 0.6 is 11.3 Å². The van der Waals surface area contributed by atoms with Crippen LogP contribution < -0.4 is 10.6 Å². The first-order valence-corrected chi connectivity index (χ1v) is 7.10. The summed E-state index contributed by atoms with van der Waals surface area (Å²) in [6.45, 7) is 2.85. The third kappa shape index (κ3) is 3.27. The SMILES string of the molecule is CCOC(=O)c1sc(N(C)Cc2ccncc2)cc1N. The maximum Gasteiger partial charge on any atom is 0.350 e. The second kappa shape index (κ2) is 6.38. The maximum atomic E-state index is 11.7. The number of carbonyl (C=O) groups excluding carboxylic acids is 1. The van der Waals surface area contributed by atoms with Gasteiger partial charge in [-0.1, -0.05) is 0 Å². The molecule has 2 aromatic rings. The minimum Gasteiger partial charge on any atom is -0.462 e. The van der Waals surface area contributed by atoms with Crippen molar-refractivity contribution in [2.24, 2.45) is 0 Å². The van der Waals surface area contributed by atoms with Gasteiger partial charge in [0.2, 0.25) is 0 Å². The van der Waals surface area contributed by atoms with Gasteiger partial charge in [-0.2, -0.15) is 0 Å². The normalized spacial score (nSPS) is 10.3. The molecule has 0 aliphatic rings. The van der Waals surface area contributed by atoms with Gasteiger partial charge in [0.1, 0.15) is 4.88 Å². The first-order valence-electron chi connectivity index (χ1n) is 6.28. The van der Waals surface area contributed by atoms with Gasteiger partial charge < -0.3 is 15.4 Å². The quantitative estimate of drug-likeness (QED) is 0.857. The minimum absolute atomic E-state index is 0.346. The molecule has 2 aromatic heterocycles. The molecular weight excluding hydrogens is 274 g/mol. The van der Waals surface area contributed by atoms with E-state index in [-0.39, 0.29) is 5.97 Å². The van der Waals surface area contributed by atoms with Crippen LogP contribution in [0.4, 0.5) is 10.7 Å². The molecule has 2 rings (SSSR count). The number of aromatic nitrogens is 1. The Morgan fingerprint density at radius 1 is 1.45 bits per heavy atom. The number of rotatable bonds is 5. The Labute approximate surface area is 122 Å². The Morgan fingerprint density at radius 2 is 2.15 bits per heavy atom. The van der Waals surface area contributed by atoms with Gasteiger partial charge in [0.15, 0.2) is 0 Å². The van der Waals surface area contributed by atoms with E-state index in [9.17, 15) is 4.79 Å². The highest BCUT2D eigenvalue weighted by atomic mass is 32.1. The lowest BCUT2D eigenvalue weighted by Gasteiger charge is -2.16. The molecule has 106 valence electrons. The van der Waals surface area contributed by atoms with E-state index in [1.54, 1.807) is 25.4 Å². The van der Waals surface area contributed by atoms with Crippen LogP contribution in [0.1, 0.15) is 22.2 Å². The average Bonchev–Trinajstić information content (AvgIpc) is 2.82. The molecule has 0 amide bonds. The number of thiophene rings is 1. The maximum absolute atomic E-state index is 11.7. The number of pyridine rings is 1.